The molecule has 1 unspecified atom stereocenters. The van der Waals surface area contributed by atoms with E-state index in [0.29, 0.717) is 17.2 Å². The van der Waals surface area contributed by atoms with Crippen LogP contribution in [0.4, 0.5) is 5.69 Å². The van der Waals surface area contributed by atoms with Gasteiger partial charge < -0.3 is 10.8 Å². The quantitative estimate of drug-likeness (QED) is 0.612. The molecule has 0 fully saturated rings. The average molecular weight is 239 g/mol. The SMILES string of the molecule is CCC(C)CSc1ccc(N)cc1C(=O)O. The highest BCUT2D eigenvalue weighted by Crippen LogP contribution is 2.27. The molecule has 0 radical (unpaired) electrons. The highest BCUT2D eigenvalue weighted by molar-refractivity contribution is 7.99. The Morgan fingerprint density at radius 2 is 2.25 bits per heavy atom. The van der Waals surface area contributed by atoms with Gasteiger partial charge in [0, 0.05) is 16.3 Å². The molecule has 0 saturated heterocycles. The van der Waals surface area contributed by atoms with Crippen molar-refractivity contribution >= 4 is 23.4 Å². The Hall–Kier alpha value is -1.16. The van der Waals surface area contributed by atoms with E-state index in [1.54, 1.807) is 23.9 Å². The fraction of sp³-hybridized carbons (Fsp3) is 0.417. The molecule has 4 heteroatoms. The van der Waals surface area contributed by atoms with Crippen LogP contribution in [0.5, 0.6) is 0 Å². The first-order chi connectivity index (χ1) is 7.54. The lowest BCUT2D eigenvalue weighted by molar-refractivity contribution is 0.0693. The van der Waals surface area contributed by atoms with E-state index in [2.05, 4.69) is 13.8 Å². The summed E-state index contributed by atoms with van der Waals surface area (Å²) < 4.78 is 0. The lowest BCUT2D eigenvalue weighted by atomic mass is 10.2. The second-order valence-electron chi connectivity index (χ2n) is 3.89. The zero-order valence-electron chi connectivity index (χ0n) is 9.56. The number of thioether (sulfide) groups is 1. The minimum Gasteiger partial charge on any atom is -0.478 e. The van der Waals surface area contributed by atoms with Crippen LogP contribution in [0.3, 0.4) is 0 Å². The Kier molecular flexibility index (Phi) is 4.68. The maximum atomic E-state index is 11.0. The Bertz CT molecular complexity index is 379. The maximum absolute atomic E-state index is 11.0. The van der Waals surface area contributed by atoms with E-state index in [1.807, 2.05) is 0 Å². The summed E-state index contributed by atoms with van der Waals surface area (Å²) in [5, 5.41) is 9.04. The van der Waals surface area contributed by atoms with E-state index < -0.39 is 5.97 Å². The van der Waals surface area contributed by atoms with E-state index in [4.69, 9.17) is 10.8 Å². The van der Waals surface area contributed by atoms with Gasteiger partial charge in [-0.3, -0.25) is 0 Å². The van der Waals surface area contributed by atoms with Crippen LogP contribution in [0.15, 0.2) is 23.1 Å². The lowest BCUT2D eigenvalue weighted by Crippen LogP contribution is -2.02. The maximum Gasteiger partial charge on any atom is 0.336 e. The Balaban J connectivity index is 2.82. The van der Waals surface area contributed by atoms with Gasteiger partial charge in [0.2, 0.25) is 0 Å². The lowest BCUT2D eigenvalue weighted by Gasteiger charge is -2.10. The molecule has 1 aromatic rings. The summed E-state index contributed by atoms with van der Waals surface area (Å²) in [6.45, 7) is 4.29. The smallest absolute Gasteiger partial charge is 0.336 e. The third kappa shape index (κ3) is 3.45. The molecule has 0 aliphatic rings. The Morgan fingerprint density at radius 3 is 2.81 bits per heavy atom. The number of aromatic carboxylic acids is 1. The molecule has 3 nitrogen and oxygen atoms in total. The third-order valence-corrected chi connectivity index (χ3v) is 3.86. The van der Waals surface area contributed by atoms with Gasteiger partial charge in [0.1, 0.15) is 0 Å². The minimum absolute atomic E-state index is 0.299. The van der Waals surface area contributed by atoms with Crippen LogP contribution < -0.4 is 5.73 Å². The summed E-state index contributed by atoms with van der Waals surface area (Å²) in [7, 11) is 0. The van der Waals surface area contributed by atoms with Crippen molar-refractivity contribution in [2.24, 2.45) is 5.92 Å². The molecule has 1 rings (SSSR count). The number of benzene rings is 1. The van der Waals surface area contributed by atoms with Crippen LogP contribution in [0, 0.1) is 5.92 Å². The highest BCUT2D eigenvalue weighted by Gasteiger charge is 2.11. The normalized spacial score (nSPS) is 12.4. The molecule has 0 aliphatic heterocycles. The summed E-state index contributed by atoms with van der Waals surface area (Å²) in [6.07, 6.45) is 1.10. The van der Waals surface area contributed by atoms with Crippen LogP contribution in [0.1, 0.15) is 30.6 Å². The Labute approximate surface area is 100 Å². The number of anilines is 1. The van der Waals surface area contributed by atoms with Crippen LogP contribution >= 0.6 is 11.8 Å². The summed E-state index contributed by atoms with van der Waals surface area (Å²) in [6, 6.07) is 5.04. The van der Waals surface area contributed by atoms with Crippen LogP contribution in [0.2, 0.25) is 0 Å². The molecule has 88 valence electrons. The number of hydrogen-bond acceptors (Lipinski definition) is 3. The zero-order chi connectivity index (χ0) is 12.1. The molecular formula is C12H17NO2S. The monoisotopic (exact) mass is 239 g/mol. The van der Waals surface area contributed by atoms with Gasteiger partial charge in [0.05, 0.1) is 5.56 Å². The average Bonchev–Trinajstić information content (AvgIpc) is 2.26. The number of carbonyl (C=O) groups is 1. The number of nitrogens with two attached hydrogens (primary N) is 1. The molecule has 16 heavy (non-hydrogen) atoms. The summed E-state index contributed by atoms with van der Waals surface area (Å²) in [5.74, 6) is 0.601. The van der Waals surface area contributed by atoms with Gasteiger partial charge in [0.25, 0.3) is 0 Å². The van der Waals surface area contributed by atoms with Gasteiger partial charge in [-0.2, -0.15) is 0 Å². The first-order valence-corrected chi connectivity index (χ1v) is 6.28. The number of nitrogen functional groups attached to an aromatic ring is 1. The molecule has 1 aromatic carbocycles. The van der Waals surface area contributed by atoms with Gasteiger partial charge in [-0.15, -0.1) is 11.8 Å². The van der Waals surface area contributed by atoms with Gasteiger partial charge >= 0.3 is 5.97 Å². The van der Waals surface area contributed by atoms with Crippen LogP contribution in [-0.4, -0.2) is 16.8 Å². The van der Waals surface area contributed by atoms with Crippen molar-refractivity contribution in [3.8, 4) is 0 Å². The second kappa shape index (κ2) is 5.80. The van der Waals surface area contributed by atoms with E-state index in [-0.39, 0.29) is 0 Å². The van der Waals surface area contributed by atoms with Crippen molar-refractivity contribution in [1.29, 1.82) is 0 Å². The number of rotatable bonds is 5. The molecular weight excluding hydrogens is 222 g/mol. The predicted octanol–water partition coefficient (Wildman–Crippen LogP) is 3.11. The van der Waals surface area contributed by atoms with E-state index in [9.17, 15) is 4.79 Å². The predicted molar refractivity (Wildman–Crippen MR) is 68.0 cm³/mol. The second-order valence-corrected chi connectivity index (χ2v) is 4.95. The van der Waals surface area contributed by atoms with E-state index in [0.717, 1.165) is 17.1 Å². The molecule has 0 aromatic heterocycles. The van der Waals surface area contributed by atoms with Crippen molar-refractivity contribution in [2.75, 3.05) is 11.5 Å². The van der Waals surface area contributed by atoms with E-state index in [1.165, 1.54) is 6.07 Å². The standard InChI is InChI=1S/C12H17NO2S/c1-3-8(2)7-16-11-5-4-9(13)6-10(11)12(14)15/h4-6,8H,3,7,13H2,1-2H3,(H,14,15). The number of carboxylic acid groups (broad SMARTS) is 1. The third-order valence-electron chi connectivity index (χ3n) is 2.45. The highest BCUT2D eigenvalue weighted by atomic mass is 32.2. The summed E-state index contributed by atoms with van der Waals surface area (Å²) >= 11 is 1.58. The van der Waals surface area contributed by atoms with E-state index >= 15 is 0 Å². The molecule has 0 heterocycles. The van der Waals surface area contributed by atoms with Crippen LogP contribution in [-0.2, 0) is 0 Å². The van der Waals surface area contributed by atoms with Crippen molar-refractivity contribution < 1.29 is 9.90 Å². The van der Waals surface area contributed by atoms with Crippen molar-refractivity contribution in [2.45, 2.75) is 25.2 Å². The van der Waals surface area contributed by atoms with Crippen molar-refractivity contribution in [3.05, 3.63) is 23.8 Å². The van der Waals surface area contributed by atoms with Gasteiger partial charge in [-0.05, 0) is 24.1 Å². The van der Waals surface area contributed by atoms with Crippen molar-refractivity contribution in [3.63, 3.8) is 0 Å². The van der Waals surface area contributed by atoms with Crippen LogP contribution in [0.25, 0.3) is 0 Å². The Morgan fingerprint density at radius 1 is 1.56 bits per heavy atom. The molecule has 0 amide bonds. The first-order valence-electron chi connectivity index (χ1n) is 5.30. The number of carboxylic acids is 1. The fourth-order valence-electron chi connectivity index (χ4n) is 1.19. The molecule has 0 spiro atoms. The zero-order valence-corrected chi connectivity index (χ0v) is 10.4. The largest absolute Gasteiger partial charge is 0.478 e. The topological polar surface area (TPSA) is 63.3 Å². The fourth-order valence-corrected chi connectivity index (χ4v) is 2.36. The summed E-state index contributed by atoms with van der Waals surface area (Å²) in [5.41, 5.74) is 6.37. The van der Waals surface area contributed by atoms with Gasteiger partial charge in [-0.1, -0.05) is 20.3 Å². The molecule has 3 N–H and O–H groups in total. The first kappa shape index (κ1) is 12.9. The number of hydrogen-bond donors (Lipinski definition) is 2. The summed E-state index contributed by atoms with van der Waals surface area (Å²) in [4.78, 5) is 11.8. The minimum atomic E-state index is -0.918. The van der Waals surface area contributed by atoms with Gasteiger partial charge in [-0.25, -0.2) is 4.79 Å². The molecule has 0 saturated carbocycles. The molecule has 0 aliphatic carbocycles. The molecule has 0 bridgehead atoms. The van der Waals surface area contributed by atoms with Crippen molar-refractivity contribution in [1.82, 2.24) is 0 Å². The molecule has 1 atom stereocenters. The van der Waals surface area contributed by atoms with Gasteiger partial charge in [0.15, 0.2) is 0 Å².